The monoisotopic (exact) mass is 464 g/mol. The van der Waals surface area contributed by atoms with Gasteiger partial charge in [0.15, 0.2) is 11.5 Å². The zero-order chi connectivity index (χ0) is 23.6. The van der Waals surface area contributed by atoms with Crippen molar-refractivity contribution in [2.75, 3.05) is 11.9 Å². The maximum Gasteiger partial charge on any atom is 0.250 e. The summed E-state index contributed by atoms with van der Waals surface area (Å²) in [4.78, 5) is 14.0. The van der Waals surface area contributed by atoms with Crippen LogP contribution >= 0.6 is 0 Å². The number of phenols is 2. The van der Waals surface area contributed by atoms with E-state index in [1.807, 2.05) is 24.3 Å². The first-order valence-corrected chi connectivity index (χ1v) is 11.9. The summed E-state index contributed by atoms with van der Waals surface area (Å²) in [6, 6.07) is 18.3. The van der Waals surface area contributed by atoms with Crippen molar-refractivity contribution in [3.8, 4) is 11.5 Å². The van der Waals surface area contributed by atoms with Crippen LogP contribution in [0.4, 0.5) is 5.69 Å². The highest BCUT2D eigenvalue weighted by Gasteiger charge is 2.26. The fraction of sp³-hybridized carbons (Fsp3) is 0.160. The normalized spacial score (nSPS) is 13.8. The van der Waals surface area contributed by atoms with Crippen LogP contribution in [0, 0.1) is 0 Å². The summed E-state index contributed by atoms with van der Waals surface area (Å²) in [6.07, 6.45) is 3.98. The minimum Gasteiger partial charge on any atom is -0.504 e. The molecule has 1 aliphatic carbocycles. The number of fused-ring (bicyclic) bond motifs is 1. The van der Waals surface area contributed by atoms with E-state index in [-0.39, 0.29) is 28.3 Å². The van der Waals surface area contributed by atoms with Crippen LogP contribution in [0.25, 0.3) is 6.08 Å². The number of benzene rings is 3. The highest BCUT2D eigenvalue weighted by molar-refractivity contribution is 7.89. The summed E-state index contributed by atoms with van der Waals surface area (Å²) >= 11 is 0. The highest BCUT2D eigenvalue weighted by atomic mass is 32.2. The molecule has 0 atom stereocenters. The summed E-state index contributed by atoms with van der Waals surface area (Å²) in [5.74, 6) is -0.961. The van der Waals surface area contributed by atoms with Gasteiger partial charge >= 0.3 is 0 Å². The first kappa shape index (κ1) is 22.6. The molecule has 8 heteroatoms. The van der Waals surface area contributed by atoms with E-state index in [0.29, 0.717) is 24.1 Å². The van der Waals surface area contributed by atoms with Crippen molar-refractivity contribution in [2.24, 2.45) is 0 Å². The summed E-state index contributed by atoms with van der Waals surface area (Å²) in [5.41, 5.74) is 3.14. The lowest BCUT2D eigenvalue weighted by molar-refractivity contribution is -0.113. The smallest absolute Gasteiger partial charge is 0.250 e. The van der Waals surface area contributed by atoms with Crippen LogP contribution in [0.1, 0.15) is 16.7 Å². The van der Waals surface area contributed by atoms with Crippen LogP contribution in [0.2, 0.25) is 0 Å². The van der Waals surface area contributed by atoms with Gasteiger partial charge in [0.2, 0.25) is 10.0 Å². The third-order valence-corrected chi connectivity index (χ3v) is 7.23. The molecule has 0 saturated carbocycles. The third-order valence-electron chi connectivity index (χ3n) is 5.69. The van der Waals surface area contributed by atoms with Crippen molar-refractivity contribution < 1.29 is 23.4 Å². The summed E-state index contributed by atoms with van der Waals surface area (Å²) in [7, 11) is -2.14. The fourth-order valence-corrected chi connectivity index (χ4v) is 5.10. The van der Waals surface area contributed by atoms with Crippen LogP contribution < -0.4 is 9.62 Å². The molecule has 0 heterocycles. The van der Waals surface area contributed by atoms with Gasteiger partial charge in [0.1, 0.15) is 0 Å². The number of sulfonamides is 1. The molecule has 3 aromatic carbocycles. The van der Waals surface area contributed by atoms with Gasteiger partial charge in [-0.2, -0.15) is 0 Å². The van der Waals surface area contributed by atoms with E-state index in [1.54, 1.807) is 31.3 Å². The van der Waals surface area contributed by atoms with Crippen molar-refractivity contribution in [2.45, 2.75) is 23.8 Å². The quantitative estimate of drug-likeness (QED) is 0.384. The predicted molar refractivity (Wildman–Crippen MR) is 127 cm³/mol. The van der Waals surface area contributed by atoms with Crippen LogP contribution in [0.3, 0.4) is 0 Å². The van der Waals surface area contributed by atoms with E-state index in [2.05, 4.69) is 4.72 Å². The molecule has 0 saturated heterocycles. The molecular formula is C25H24N2O5S. The fourth-order valence-electron chi connectivity index (χ4n) is 3.86. The Morgan fingerprint density at radius 3 is 2.24 bits per heavy atom. The molecule has 0 radical (unpaired) electrons. The minimum atomic E-state index is -3.70. The van der Waals surface area contributed by atoms with Gasteiger partial charge in [0, 0.05) is 30.4 Å². The van der Waals surface area contributed by atoms with E-state index in [1.165, 1.54) is 35.3 Å². The Hall–Kier alpha value is -3.62. The molecule has 0 bridgehead atoms. The second kappa shape index (κ2) is 9.09. The molecule has 7 nitrogen and oxygen atoms in total. The Kier molecular flexibility index (Phi) is 6.22. The van der Waals surface area contributed by atoms with Gasteiger partial charge in [-0.15, -0.1) is 0 Å². The maximum absolute atomic E-state index is 12.8. The van der Waals surface area contributed by atoms with Crippen molar-refractivity contribution in [1.82, 2.24) is 4.72 Å². The first-order chi connectivity index (χ1) is 15.7. The van der Waals surface area contributed by atoms with E-state index >= 15 is 0 Å². The number of likely N-dealkylation sites (N-methyl/N-ethyl adjacent to an activating group) is 1. The largest absolute Gasteiger partial charge is 0.504 e. The Bertz CT molecular complexity index is 1290. The zero-order valence-corrected chi connectivity index (χ0v) is 18.8. The second-order valence-electron chi connectivity index (χ2n) is 7.93. The summed E-state index contributed by atoms with van der Waals surface area (Å²) in [5, 5.41) is 19.4. The van der Waals surface area contributed by atoms with Gasteiger partial charge in [-0.1, -0.05) is 36.4 Å². The number of anilines is 1. The molecule has 0 aromatic heterocycles. The molecule has 3 aromatic rings. The Labute approximate surface area is 192 Å². The van der Waals surface area contributed by atoms with Gasteiger partial charge in [0.25, 0.3) is 5.91 Å². The van der Waals surface area contributed by atoms with Crippen molar-refractivity contribution in [1.29, 1.82) is 0 Å². The average molecular weight is 465 g/mol. The number of carbonyl (C=O) groups is 1. The topological polar surface area (TPSA) is 107 Å². The molecule has 3 N–H and O–H groups in total. The number of rotatable bonds is 6. The van der Waals surface area contributed by atoms with E-state index in [0.717, 1.165) is 11.1 Å². The van der Waals surface area contributed by atoms with Gasteiger partial charge in [-0.05, 0) is 60.4 Å². The molecular weight excluding hydrogens is 440 g/mol. The van der Waals surface area contributed by atoms with Gasteiger partial charge in [0.05, 0.1) is 4.90 Å². The second-order valence-corrected chi connectivity index (χ2v) is 9.65. The number of hydrogen-bond donors (Lipinski definition) is 3. The van der Waals surface area contributed by atoms with Gasteiger partial charge in [-0.25, -0.2) is 13.1 Å². The molecule has 0 aliphatic heterocycles. The summed E-state index contributed by atoms with van der Waals surface area (Å²) in [6.45, 7) is 0. The minimum absolute atomic E-state index is 0.128. The Morgan fingerprint density at radius 1 is 0.970 bits per heavy atom. The lowest BCUT2D eigenvalue weighted by Gasteiger charge is -2.17. The number of para-hydroxylation sites is 1. The molecule has 1 aliphatic rings. The van der Waals surface area contributed by atoms with E-state index in [4.69, 9.17) is 0 Å². The van der Waals surface area contributed by atoms with E-state index in [9.17, 15) is 23.4 Å². The van der Waals surface area contributed by atoms with Crippen molar-refractivity contribution in [3.63, 3.8) is 0 Å². The summed E-state index contributed by atoms with van der Waals surface area (Å²) < 4.78 is 28.4. The van der Waals surface area contributed by atoms with Crippen LogP contribution in [-0.2, 0) is 27.7 Å². The molecule has 1 amide bonds. The predicted octanol–water partition coefficient (Wildman–Crippen LogP) is 3.22. The molecule has 4 rings (SSSR count). The maximum atomic E-state index is 12.8. The lowest BCUT2D eigenvalue weighted by atomic mass is 10.1. The average Bonchev–Trinajstić information content (AvgIpc) is 3.21. The highest BCUT2D eigenvalue weighted by Crippen LogP contribution is 2.29. The van der Waals surface area contributed by atoms with Crippen LogP contribution in [-0.4, -0.2) is 37.6 Å². The van der Waals surface area contributed by atoms with Crippen molar-refractivity contribution in [3.05, 3.63) is 89.5 Å². The molecule has 0 unspecified atom stereocenters. The van der Waals surface area contributed by atoms with Crippen LogP contribution in [0.5, 0.6) is 11.5 Å². The molecule has 0 spiro atoms. The number of aromatic hydroxyl groups is 2. The van der Waals surface area contributed by atoms with Gasteiger partial charge in [-0.3, -0.25) is 4.79 Å². The van der Waals surface area contributed by atoms with Gasteiger partial charge < -0.3 is 15.1 Å². The molecule has 33 heavy (non-hydrogen) atoms. The van der Waals surface area contributed by atoms with Crippen LogP contribution in [0.15, 0.2) is 77.7 Å². The number of amides is 1. The number of nitrogens with one attached hydrogen (secondary N) is 1. The molecule has 170 valence electrons. The lowest BCUT2D eigenvalue weighted by Crippen LogP contribution is -2.35. The molecule has 0 fully saturated rings. The Morgan fingerprint density at radius 2 is 1.61 bits per heavy atom. The third kappa shape index (κ3) is 4.92. The number of phenolic OH excluding ortho intramolecular Hbond substituents is 2. The number of nitrogens with zero attached hydrogens (tertiary/aromatic N) is 1. The zero-order valence-electron chi connectivity index (χ0n) is 18.0. The number of hydrogen-bond acceptors (Lipinski definition) is 5. The SMILES string of the molecule is CN(C(=O)C=Cc1cccc(O)c1O)c1ccc(S(=O)(=O)NC2Cc3ccccc3C2)cc1. The number of carbonyl (C=O) groups excluding carboxylic acids is 1. The van der Waals surface area contributed by atoms with E-state index < -0.39 is 10.0 Å². The van der Waals surface area contributed by atoms with Crippen molar-refractivity contribution >= 4 is 27.7 Å². The standard InChI is InChI=1S/C25H24N2O5S/c1-27(24(29)14-9-17-7-4-8-23(28)25(17)30)21-10-12-22(13-11-21)33(31,32)26-20-15-18-5-2-3-6-19(18)16-20/h2-14,20,26,28,30H,15-16H2,1H3. The Balaban J connectivity index is 1.42. The first-order valence-electron chi connectivity index (χ1n) is 10.4.